The number of para-hydroxylation sites is 1. The largest absolute Gasteiger partial charge is 0.337 e. The van der Waals surface area contributed by atoms with Crippen molar-refractivity contribution in [2.45, 2.75) is 25.7 Å². The van der Waals surface area contributed by atoms with Gasteiger partial charge in [0.2, 0.25) is 0 Å². The number of halogens is 1. The van der Waals surface area contributed by atoms with E-state index in [0.717, 1.165) is 23.5 Å². The van der Waals surface area contributed by atoms with E-state index in [4.69, 9.17) is 0 Å². The highest BCUT2D eigenvalue weighted by molar-refractivity contribution is 7.09. The van der Waals surface area contributed by atoms with E-state index in [9.17, 15) is 14.0 Å². The Morgan fingerprint density at radius 2 is 2.00 bits per heavy atom. The molecule has 29 heavy (non-hydrogen) atoms. The van der Waals surface area contributed by atoms with Crippen molar-refractivity contribution in [3.05, 3.63) is 63.6 Å². The van der Waals surface area contributed by atoms with E-state index in [2.05, 4.69) is 20.5 Å². The molecule has 1 aromatic carbocycles. The molecule has 0 spiro atoms. The molecular weight excluding hydrogens is 393 g/mol. The fraction of sp³-hybridized carbons (Fsp3) is 0.300. The van der Waals surface area contributed by atoms with Gasteiger partial charge in [0.05, 0.1) is 10.7 Å². The first-order valence-electron chi connectivity index (χ1n) is 9.34. The third kappa shape index (κ3) is 4.19. The van der Waals surface area contributed by atoms with Crippen LogP contribution in [0.3, 0.4) is 0 Å². The van der Waals surface area contributed by atoms with Gasteiger partial charge in [0.1, 0.15) is 11.5 Å². The zero-order valence-electron chi connectivity index (χ0n) is 15.8. The lowest BCUT2D eigenvalue weighted by molar-refractivity contribution is 0.0706. The van der Waals surface area contributed by atoms with Crippen LogP contribution in [0.4, 0.5) is 10.1 Å². The maximum absolute atomic E-state index is 13.7. The number of anilines is 1. The van der Waals surface area contributed by atoms with Gasteiger partial charge in [-0.1, -0.05) is 12.1 Å². The Labute approximate surface area is 171 Å². The second kappa shape index (κ2) is 8.12. The minimum atomic E-state index is -0.496. The van der Waals surface area contributed by atoms with Crippen molar-refractivity contribution in [1.29, 1.82) is 0 Å². The van der Waals surface area contributed by atoms with Crippen LogP contribution in [0.15, 0.2) is 35.7 Å². The second-order valence-electron chi connectivity index (χ2n) is 6.96. The van der Waals surface area contributed by atoms with Crippen molar-refractivity contribution >= 4 is 28.8 Å². The van der Waals surface area contributed by atoms with Crippen LogP contribution in [0.1, 0.15) is 50.4 Å². The minimum absolute atomic E-state index is 0.0395. The second-order valence-corrected chi connectivity index (χ2v) is 8.02. The van der Waals surface area contributed by atoms with Crippen molar-refractivity contribution in [3.8, 4) is 0 Å². The first kappa shape index (κ1) is 19.3. The number of hydrogen-bond acceptors (Lipinski definition) is 5. The van der Waals surface area contributed by atoms with Crippen LogP contribution in [0.2, 0.25) is 0 Å². The number of piperidine rings is 1. The molecule has 2 amide bonds. The Balaban J connectivity index is 1.36. The summed E-state index contributed by atoms with van der Waals surface area (Å²) in [4.78, 5) is 30.9. The zero-order valence-corrected chi connectivity index (χ0v) is 16.6. The fourth-order valence-corrected chi connectivity index (χ4v) is 4.02. The number of aryl methyl sites for hydroxylation is 1. The Hall–Kier alpha value is -3.07. The van der Waals surface area contributed by atoms with Crippen LogP contribution < -0.4 is 5.32 Å². The number of carbonyl (C=O) groups is 2. The molecule has 1 aliphatic rings. The minimum Gasteiger partial charge on any atom is -0.337 e. The molecule has 4 rings (SSSR count). The number of carbonyl (C=O) groups excluding carboxylic acids is 2. The average molecular weight is 413 g/mol. The van der Waals surface area contributed by atoms with Crippen molar-refractivity contribution in [2.75, 3.05) is 18.4 Å². The quantitative estimate of drug-likeness (QED) is 0.684. The molecule has 3 heterocycles. The standard InChI is InChI=1S/C20H20FN5O2S/c1-12-22-18(11-29-12)20(28)26-8-6-13(7-9-26)16-10-17(25-24-16)19(27)23-15-5-3-2-4-14(15)21/h2-5,10-11,13H,6-9H2,1H3,(H,23,27)(H,24,25). The Morgan fingerprint density at radius 3 is 2.69 bits per heavy atom. The van der Waals surface area contributed by atoms with E-state index in [1.54, 1.807) is 23.6 Å². The summed E-state index contributed by atoms with van der Waals surface area (Å²) >= 11 is 1.47. The van der Waals surface area contributed by atoms with Crippen molar-refractivity contribution in [2.24, 2.45) is 0 Å². The number of rotatable bonds is 4. The molecule has 0 bridgehead atoms. The van der Waals surface area contributed by atoms with Gasteiger partial charge in [0, 0.05) is 30.1 Å². The Morgan fingerprint density at radius 1 is 1.24 bits per heavy atom. The van der Waals surface area contributed by atoms with Crippen LogP contribution in [0, 0.1) is 12.7 Å². The number of likely N-dealkylation sites (tertiary alicyclic amines) is 1. The summed E-state index contributed by atoms with van der Waals surface area (Å²) in [6.45, 7) is 3.12. The van der Waals surface area contributed by atoms with E-state index in [-0.39, 0.29) is 23.2 Å². The van der Waals surface area contributed by atoms with Gasteiger partial charge < -0.3 is 10.2 Å². The number of H-pyrrole nitrogens is 1. The summed E-state index contributed by atoms with van der Waals surface area (Å²) < 4.78 is 13.7. The molecule has 2 aromatic heterocycles. The number of hydrogen-bond donors (Lipinski definition) is 2. The van der Waals surface area contributed by atoms with Crippen molar-refractivity contribution in [3.63, 3.8) is 0 Å². The van der Waals surface area contributed by atoms with Crippen LogP contribution in [0.25, 0.3) is 0 Å². The molecule has 7 nitrogen and oxygen atoms in total. The highest BCUT2D eigenvalue weighted by atomic mass is 32.1. The van der Waals surface area contributed by atoms with Gasteiger partial charge in [0.25, 0.3) is 11.8 Å². The lowest BCUT2D eigenvalue weighted by Crippen LogP contribution is -2.38. The van der Waals surface area contributed by atoms with Crippen LogP contribution in [-0.2, 0) is 0 Å². The lowest BCUT2D eigenvalue weighted by atomic mass is 9.93. The molecule has 1 fully saturated rings. The van der Waals surface area contributed by atoms with Crippen molar-refractivity contribution in [1.82, 2.24) is 20.1 Å². The molecule has 0 unspecified atom stereocenters. The van der Waals surface area contributed by atoms with Crippen molar-refractivity contribution < 1.29 is 14.0 Å². The zero-order chi connectivity index (χ0) is 20.4. The molecule has 0 aliphatic carbocycles. The Kier molecular flexibility index (Phi) is 5.39. The van der Waals surface area contributed by atoms with E-state index in [0.29, 0.717) is 18.8 Å². The third-order valence-electron chi connectivity index (χ3n) is 5.01. The average Bonchev–Trinajstić information content (AvgIpc) is 3.39. The number of nitrogens with zero attached hydrogens (tertiary/aromatic N) is 3. The van der Waals surface area contributed by atoms with Gasteiger partial charge in [-0.25, -0.2) is 9.37 Å². The lowest BCUT2D eigenvalue weighted by Gasteiger charge is -2.31. The van der Waals surface area contributed by atoms with Gasteiger partial charge >= 0.3 is 0 Å². The molecule has 0 atom stereocenters. The number of benzene rings is 1. The number of aromatic amines is 1. The number of aromatic nitrogens is 3. The normalized spacial score (nSPS) is 14.8. The highest BCUT2D eigenvalue weighted by Crippen LogP contribution is 2.28. The van der Waals surface area contributed by atoms with Gasteiger partial charge in [-0.05, 0) is 38.0 Å². The number of thiazole rings is 1. The van der Waals surface area contributed by atoms with Crippen LogP contribution in [0.5, 0.6) is 0 Å². The molecule has 3 aromatic rings. The SMILES string of the molecule is Cc1nc(C(=O)N2CCC(c3cc(C(=O)Nc4ccccc4F)n[nH]3)CC2)cs1. The summed E-state index contributed by atoms with van der Waals surface area (Å²) in [6, 6.07) is 7.69. The topological polar surface area (TPSA) is 91.0 Å². The van der Waals surface area contributed by atoms with E-state index in [1.807, 2.05) is 11.8 Å². The predicted molar refractivity (Wildman–Crippen MR) is 108 cm³/mol. The van der Waals surface area contributed by atoms with Gasteiger partial charge in [-0.2, -0.15) is 5.10 Å². The smallest absolute Gasteiger partial charge is 0.276 e. The molecule has 1 saturated heterocycles. The molecule has 0 saturated carbocycles. The maximum atomic E-state index is 13.7. The van der Waals surface area contributed by atoms with Gasteiger partial charge in [-0.3, -0.25) is 14.7 Å². The molecule has 1 aliphatic heterocycles. The summed E-state index contributed by atoms with van der Waals surface area (Å²) in [5.41, 5.74) is 1.67. The summed E-state index contributed by atoms with van der Waals surface area (Å²) in [7, 11) is 0. The summed E-state index contributed by atoms with van der Waals surface area (Å²) in [5, 5.41) is 12.2. The van der Waals surface area contributed by atoms with E-state index < -0.39 is 11.7 Å². The van der Waals surface area contributed by atoms with E-state index in [1.165, 1.54) is 23.5 Å². The van der Waals surface area contributed by atoms with Gasteiger partial charge in [0.15, 0.2) is 5.69 Å². The first-order valence-corrected chi connectivity index (χ1v) is 10.2. The summed E-state index contributed by atoms with van der Waals surface area (Å²) in [6.07, 6.45) is 1.54. The van der Waals surface area contributed by atoms with Gasteiger partial charge in [-0.15, -0.1) is 11.3 Å². The monoisotopic (exact) mass is 413 g/mol. The number of amides is 2. The predicted octanol–water partition coefficient (Wildman–Crippen LogP) is 3.59. The number of nitrogens with one attached hydrogen (secondary N) is 2. The molecule has 0 radical (unpaired) electrons. The van der Waals surface area contributed by atoms with Crippen LogP contribution in [-0.4, -0.2) is 45.0 Å². The fourth-order valence-electron chi connectivity index (χ4n) is 3.43. The molecule has 9 heteroatoms. The summed E-state index contributed by atoms with van der Waals surface area (Å²) in [5.74, 6) is -0.825. The van der Waals surface area contributed by atoms with E-state index >= 15 is 0 Å². The highest BCUT2D eigenvalue weighted by Gasteiger charge is 2.27. The molecule has 150 valence electrons. The maximum Gasteiger partial charge on any atom is 0.276 e. The molecular formula is C20H20FN5O2S. The Bertz CT molecular complexity index is 1040. The van der Waals surface area contributed by atoms with Crippen LogP contribution >= 0.6 is 11.3 Å². The third-order valence-corrected chi connectivity index (χ3v) is 5.79. The first-order chi connectivity index (χ1) is 14.0. The molecule has 2 N–H and O–H groups in total.